The van der Waals surface area contributed by atoms with Crippen molar-refractivity contribution in [1.82, 2.24) is 0 Å². The molecule has 0 bridgehead atoms. The molecule has 0 amide bonds. The van der Waals surface area contributed by atoms with Crippen LogP contribution in [0.1, 0.15) is 26.7 Å². The first-order chi connectivity index (χ1) is 5.73. The summed E-state index contributed by atoms with van der Waals surface area (Å²) in [4.78, 5) is 20.6. The van der Waals surface area contributed by atoms with Gasteiger partial charge in [0.05, 0.1) is 12.8 Å². The van der Waals surface area contributed by atoms with Gasteiger partial charge < -0.3 is 10.2 Å². The van der Waals surface area contributed by atoms with Gasteiger partial charge in [0.2, 0.25) is 0 Å². The fourth-order valence-corrected chi connectivity index (χ4v) is 0.979. The Kier molecular flexibility index (Phi) is 3.84. The average molecular weight is 192 g/mol. The number of aliphatic carboxylic acids is 2. The molecular formula is C8H13FO4. The van der Waals surface area contributed by atoms with E-state index in [1.54, 1.807) is 0 Å². The first-order valence-electron chi connectivity index (χ1n) is 3.86. The van der Waals surface area contributed by atoms with Crippen LogP contribution in [0, 0.1) is 5.92 Å². The molecule has 0 saturated carbocycles. The molecule has 4 nitrogen and oxygen atoms in total. The fourth-order valence-electron chi connectivity index (χ4n) is 0.979. The number of halogens is 1. The lowest BCUT2D eigenvalue weighted by Crippen LogP contribution is -2.30. The van der Waals surface area contributed by atoms with Gasteiger partial charge in [-0.2, -0.15) is 0 Å². The van der Waals surface area contributed by atoms with E-state index < -0.39 is 36.4 Å². The highest BCUT2D eigenvalue weighted by Gasteiger charge is 2.32. The van der Waals surface area contributed by atoms with Crippen molar-refractivity contribution in [3.8, 4) is 0 Å². The monoisotopic (exact) mass is 192 g/mol. The third-order valence-corrected chi connectivity index (χ3v) is 1.81. The Bertz CT molecular complexity index is 191. The summed E-state index contributed by atoms with van der Waals surface area (Å²) < 4.78 is 13.2. The maximum absolute atomic E-state index is 13.2. The first-order valence-corrected chi connectivity index (χ1v) is 3.86. The van der Waals surface area contributed by atoms with Crippen LogP contribution < -0.4 is 0 Å². The van der Waals surface area contributed by atoms with E-state index in [1.165, 1.54) is 13.8 Å². The summed E-state index contributed by atoms with van der Waals surface area (Å²) in [6.07, 6.45) is -0.925. The topological polar surface area (TPSA) is 74.6 Å². The molecule has 0 rings (SSSR count). The Morgan fingerprint density at radius 1 is 1.23 bits per heavy atom. The minimum atomic E-state index is -1.78. The second-order valence-corrected chi connectivity index (χ2v) is 3.46. The maximum atomic E-state index is 13.2. The van der Waals surface area contributed by atoms with Crippen LogP contribution in [-0.2, 0) is 9.59 Å². The normalized spacial score (nSPS) is 11.7. The number of hydrogen-bond acceptors (Lipinski definition) is 2. The zero-order valence-electron chi connectivity index (χ0n) is 7.58. The summed E-state index contributed by atoms with van der Waals surface area (Å²) in [6.45, 7) is 2.37. The SMILES string of the molecule is CC(C)(F)C(CC(=O)O)CC(=O)O. The molecule has 0 saturated heterocycles. The second kappa shape index (κ2) is 4.20. The van der Waals surface area contributed by atoms with Gasteiger partial charge in [-0.15, -0.1) is 0 Å². The van der Waals surface area contributed by atoms with Gasteiger partial charge in [0.15, 0.2) is 0 Å². The van der Waals surface area contributed by atoms with E-state index >= 15 is 0 Å². The van der Waals surface area contributed by atoms with Crippen LogP contribution in [0.15, 0.2) is 0 Å². The van der Waals surface area contributed by atoms with Crippen molar-refractivity contribution in [2.45, 2.75) is 32.4 Å². The van der Waals surface area contributed by atoms with Gasteiger partial charge in [0, 0.05) is 5.92 Å². The summed E-state index contributed by atoms with van der Waals surface area (Å²) in [7, 11) is 0. The van der Waals surface area contributed by atoms with Gasteiger partial charge in [0.25, 0.3) is 0 Å². The number of alkyl halides is 1. The quantitative estimate of drug-likeness (QED) is 0.688. The molecule has 0 aliphatic carbocycles. The number of carboxylic acids is 2. The van der Waals surface area contributed by atoms with E-state index in [2.05, 4.69) is 0 Å². The maximum Gasteiger partial charge on any atom is 0.303 e. The third kappa shape index (κ3) is 5.16. The molecular weight excluding hydrogens is 179 g/mol. The third-order valence-electron chi connectivity index (χ3n) is 1.81. The summed E-state index contributed by atoms with van der Waals surface area (Å²) in [5.41, 5.74) is -1.78. The molecule has 76 valence electrons. The van der Waals surface area contributed by atoms with Crippen LogP contribution in [-0.4, -0.2) is 27.8 Å². The summed E-state index contributed by atoms with van der Waals surface area (Å²) in [6, 6.07) is 0. The molecule has 0 spiro atoms. The number of hydrogen-bond donors (Lipinski definition) is 2. The van der Waals surface area contributed by atoms with E-state index in [0.29, 0.717) is 0 Å². The highest BCUT2D eigenvalue weighted by Crippen LogP contribution is 2.27. The highest BCUT2D eigenvalue weighted by molar-refractivity contribution is 5.71. The van der Waals surface area contributed by atoms with Crippen molar-refractivity contribution in [1.29, 1.82) is 0 Å². The smallest absolute Gasteiger partial charge is 0.303 e. The molecule has 0 aliphatic rings. The van der Waals surface area contributed by atoms with Crippen LogP contribution in [0.5, 0.6) is 0 Å². The zero-order valence-corrected chi connectivity index (χ0v) is 7.58. The number of carboxylic acid groups (broad SMARTS) is 2. The molecule has 13 heavy (non-hydrogen) atoms. The Morgan fingerprint density at radius 3 is 1.69 bits per heavy atom. The van der Waals surface area contributed by atoms with E-state index in [1.807, 2.05) is 0 Å². The average Bonchev–Trinajstić information content (AvgIpc) is 1.81. The van der Waals surface area contributed by atoms with Gasteiger partial charge in [0.1, 0.15) is 5.67 Å². The molecule has 0 aromatic carbocycles. The number of rotatable bonds is 5. The summed E-state index contributed by atoms with van der Waals surface area (Å²) in [5, 5.41) is 16.8. The van der Waals surface area contributed by atoms with Crippen LogP contribution in [0.25, 0.3) is 0 Å². The lowest BCUT2D eigenvalue weighted by molar-refractivity contribution is -0.143. The molecule has 0 unspecified atom stereocenters. The minimum absolute atomic E-state index is 0.463. The first kappa shape index (κ1) is 11.9. The van der Waals surface area contributed by atoms with Crippen molar-refractivity contribution < 1.29 is 24.2 Å². The van der Waals surface area contributed by atoms with Gasteiger partial charge in [-0.3, -0.25) is 9.59 Å². The Labute approximate surface area is 75.4 Å². The Balaban J connectivity index is 4.37. The molecule has 0 aromatic rings. The summed E-state index contributed by atoms with van der Waals surface area (Å²) >= 11 is 0. The van der Waals surface area contributed by atoms with Crippen molar-refractivity contribution in [3.05, 3.63) is 0 Å². The molecule has 0 heterocycles. The highest BCUT2D eigenvalue weighted by atomic mass is 19.1. The van der Waals surface area contributed by atoms with Gasteiger partial charge in [-0.25, -0.2) is 4.39 Å². The molecule has 5 heteroatoms. The molecule has 0 fully saturated rings. The van der Waals surface area contributed by atoms with Crippen molar-refractivity contribution in [2.24, 2.45) is 5.92 Å². The van der Waals surface area contributed by atoms with E-state index in [-0.39, 0.29) is 0 Å². The standard InChI is InChI=1S/C8H13FO4/c1-8(2,9)5(3-6(10)11)4-7(12)13/h5H,3-4H2,1-2H3,(H,10,11)(H,12,13). The Morgan fingerprint density at radius 2 is 1.54 bits per heavy atom. The summed E-state index contributed by atoms with van der Waals surface area (Å²) in [5.74, 6) is -3.35. The Hall–Kier alpha value is -1.13. The van der Waals surface area contributed by atoms with E-state index in [0.717, 1.165) is 0 Å². The van der Waals surface area contributed by atoms with Crippen molar-refractivity contribution >= 4 is 11.9 Å². The van der Waals surface area contributed by atoms with E-state index in [9.17, 15) is 14.0 Å². The van der Waals surface area contributed by atoms with Gasteiger partial charge >= 0.3 is 11.9 Å². The van der Waals surface area contributed by atoms with Crippen molar-refractivity contribution in [2.75, 3.05) is 0 Å². The van der Waals surface area contributed by atoms with Gasteiger partial charge in [-0.05, 0) is 13.8 Å². The van der Waals surface area contributed by atoms with Crippen LogP contribution in [0.2, 0.25) is 0 Å². The zero-order chi connectivity index (χ0) is 10.6. The molecule has 2 N–H and O–H groups in total. The van der Waals surface area contributed by atoms with E-state index in [4.69, 9.17) is 10.2 Å². The predicted octanol–water partition coefficient (Wildman–Crippen LogP) is 1.30. The van der Waals surface area contributed by atoms with Crippen molar-refractivity contribution in [3.63, 3.8) is 0 Å². The molecule has 0 atom stereocenters. The van der Waals surface area contributed by atoms with Crippen LogP contribution in [0.3, 0.4) is 0 Å². The lowest BCUT2D eigenvalue weighted by atomic mass is 9.87. The van der Waals surface area contributed by atoms with Gasteiger partial charge in [-0.1, -0.05) is 0 Å². The minimum Gasteiger partial charge on any atom is -0.481 e. The molecule has 0 radical (unpaired) electrons. The van der Waals surface area contributed by atoms with Crippen LogP contribution >= 0.6 is 0 Å². The molecule has 0 aromatic heterocycles. The molecule has 0 aliphatic heterocycles. The second-order valence-electron chi connectivity index (χ2n) is 3.46. The number of carbonyl (C=O) groups is 2. The fraction of sp³-hybridized carbons (Fsp3) is 0.750. The lowest BCUT2D eigenvalue weighted by Gasteiger charge is -2.23. The predicted molar refractivity (Wildman–Crippen MR) is 43.2 cm³/mol. The largest absolute Gasteiger partial charge is 0.481 e. The van der Waals surface area contributed by atoms with Crippen LogP contribution in [0.4, 0.5) is 4.39 Å².